The molecule has 0 radical (unpaired) electrons. The van der Waals surface area contributed by atoms with E-state index >= 15 is 0 Å². The average molecular weight is 207 g/mol. The van der Waals surface area contributed by atoms with Crippen LogP contribution in [-0.2, 0) is 6.42 Å². The zero-order chi connectivity index (χ0) is 10.7. The lowest BCUT2D eigenvalue weighted by Gasteiger charge is -2.13. The predicted octanol–water partition coefficient (Wildman–Crippen LogP) is 2.90. The first kappa shape index (κ1) is 10.6. The highest BCUT2D eigenvalue weighted by atomic mass is 19.1. The molecule has 1 N–H and O–H groups in total. The Kier molecular flexibility index (Phi) is 3.06. The summed E-state index contributed by atoms with van der Waals surface area (Å²) in [6.45, 7) is 0. The van der Waals surface area contributed by atoms with Crippen LogP contribution in [0, 0.1) is 5.82 Å². The molecule has 1 aromatic rings. The van der Waals surface area contributed by atoms with Crippen LogP contribution >= 0.6 is 0 Å². The minimum absolute atomic E-state index is 0.146. The molecule has 0 atom stereocenters. The number of aryl methyl sites for hydroxylation is 1. The summed E-state index contributed by atoms with van der Waals surface area (Å²) < 4.78 is 12.7. The number of halogens is 1. The SMILES string of the molecule is CNC1(CCCc2ccc(F)cc2)CC1. The molecule has 0 unspecified atom stereocenters. The summed E-state index contributed by atoms with van der Waals surface area (Å²) in [5.74, 6) is -0.146. The molecule has 82 valence electrons. The fourth-order valence-electron chi connectivity index (χ4n) is 2.06. The number of nitrogens with one attached hydrogen (secondary N) is 1. The Morgan fingerprint density at radius 3 is 2.47 bits per heavy atom. The number of hydrogen-bond acceptors (Lipinski definition) is 1. The molecule has 1 nitrogen and oxygen atoms in total. The highest BCUT2D eigenvalue weighted by Crippen LogP contribution is 2.39. The van der Waals surface area contributed by atoms with Gasteiger partial charge in [-0.25, -0.2) is 4.39 Å². The molecular weight excluding hydrogens is 189 g/mol. The predicted molar refractivity (Wildman–Crippen MR) is 60.4 cm³/mol. The summed E-state index contributed by atoms with van der Waals surface area (Å²) in [4.78, 5) is 0. The van der Waals surface area contributed by atoms with Crippen molar-refractivity contribution in [2.75, 3.05) is 7.05 Å². The van der Waals surface area contributed by atoms with Gasteiger partial charge >= 0.3 is 0 Å². The minimum atomic E-state index is -0.146. The van der Waals surface area contributed by atoms with Crippen molar-refractivity contribution in [2.45, 2.75) is 37.6 Å². The summed E-state index contributed by atoms with van der Waals surface area (Å²) in [7, 11) is 2.05. The molecule has 0 bridgehead atoms. The zero-order valence-corrected chi connectivity index (χ0v) is 9.22. The van der Waals surface area contributed by atoms with Gasteiger partial charge in [0.05, 0.1) is 0 Å². The molecule has 1 aromatic carbocycles. The Hall–Kier alpha value is -0.890. The normalized spacial score (nSPS) is 17.7. The molecule has 2 heteroatoms. The first-order valence-electron chi connectivity index (χ1n) is 5.67. The van der Waals surface area contributed by atoms with E-state index < -0.39 is 0 Å². The second-order valence-corrected chi connectivity index (χ2v) is 4.51. The topological polar surface area (TPSA) is 12.0 Å². The van der Waals surface area contributed by atoms with Gasteiger partial charge in [-0.1, -0.05) is 12.1 Å². The van der Waals surface area contributed by atoms with Gasteiger partial charge in [-0.3, -0.25) is 0 Å². The summed E-state index contributed by atoms with van der Waals surface area (Å²) in [5.41, 5.74) is 1.68. The molecule has 0 aliphatic heterocycles. The lowest BCUT2D eigenvalue weighted by Crippen LogP contribution is -2.26. The Bertz CT molecular complexity index is 314. The Balaban J connectivity index is 1.76. The molecule has 0 spiro atoms. The molecule has 2 rings (SSSR count). The molecule has 0 amide bonds. The molecule has 1 aliphatic rings. The molecular formula is C13H18FN. The van der Waals surface area contributed by atoms with Crippen LogP contribution in [0.25, 0.3) is 0 Å². The Labute approximate surface area is 90.7 Å². The molecule has 0 saturated heterocycles. The van der Waals surface area contributed by atoms with Gasteiger partial charge in [-0.2, -0.15) is 0 Å². The number of hydrogen-bond donors (Lipinski definition) is 1. The monoisotopic (exact) mass is 207 g/mol. The summed E-state index contributed by atoms with van der Waals surface area (Å²) in [6, 6.07) is 6.85. The summed E-state index contributed by atoms with van der Waals surface area (Å²) in [6.07, 6.45) is 6.11. The van der Waals surface area contributed by atoms with E-state index in [2.05, 4.69) is 5.32 Å². The first-order valence-corrected chi connectivity index (χ1v) is 5.67. The third-order valence-corrected chi connectivity index (χ3v) is 3.42. The molecule has 0 aromatic heterocycles. The maximum Gasteiger partial charge on any atom is 0.123 e. The minimum Gasteiger partial charge on any atom is -0.314 e. The van der Waals surface area contributed by atoms with Crippen molar-refractivity contribution in [1.29, 1.82) is 0 Å². The van der Waals surface area contributed by atoms with Crippen molar-refractivity contribution in [2.24, 2.45) is 0 Å². The van der Waals surface area contributed by atoms with E-state index in [-0.39, 0.29) is 5.82 Å². The van der Waals surface area contributed by atoms with Gasteiger partial charge in [0.2, 0.25) is 0 Å². The zero-order valence-electron chi connectivity index (χ0n) is 9.22. The van der Waals surface area contributed by atoms with E-state index in [0.717, 1.165) is 6.42 Å². The highest BCUT2D eigenvalue weighted by molar-refractivity contribution is 5.16. The van der Waals surface area contributed by atoms with Gasteiger partial charge in [0.1, 0.15) is 5.82 Å². The lowest BCUT2D eigenvalue weighted by atomic mass is 10.0. The lowest BCUT2D eigenvalue weighted by molar-refractivity contribution is 0.490. The standard InChI is InChI=1S/C13H18FN/c1-15-13(9-10-13)8-2-3-11-4-6-12(14)7-5-11/h4-7,15H,2-3,8-10H2,1H3. The smallest absolute Gasteiger partial charge is 0.123 e. The van der Waals surface area contributed by atoms with Crippen molar-refractivity contribution in [3.8, 4) is 0 Å². The van der Waals surface area contributed by atoms with Crippen molar-refractivity contribution < 1.29 is 4.39 Å². The van der Waals surface area contributed by atoms with Crippen molar-refractivity contribution in [3.63, 3.8) is 0 Å². The first-order chi connectivity index (χ1) is 7.24. The van der Waals surface area contributed by atoms with Gasteiger partial charge < -0.3 is 5.32 Å². The van der Waals surface area contributed by atoms with Crippen LogP contribution in [0.4, 0.5) is 4.39 Å². The van der Waals surface area contributed by atoms with Crippen LogP contribution in [0.3, 0.4) is 0 Å². The van der Waals surface area contributed by atoms with E-state index in [1.54, 1.807) is 12.1 Å². The van der Waals surface area contributed by atoms with Crippen LogP contribution in [-0.4, -0.2) is 12.6 Å². The number of benzene rings is 1. The van der Waals surface area contributed by atoms with Gasteiger partial charge in [0, 0.05) is 5.54 Å². The van der Waals surface area contributed by atoms with Crippen LogP contribution in [0.5, 0.6) is 0 Å². The van der Waals surface area contributed by atoms with Crippen LogP contribution in [0.2, 0.25) is 0 Å². The van der Waals surface area contributed by atoms with E-state index in [0.29, 0.717) is 5.54 Å². The fourth-order valence-corrected chi connectivity index (χ4v) is 2.06. The summed E-state index contributed by atoms with van der Waals surface area (Å²) >= 11 is 0. The van der Waals surface area contributed by atoms with Crippen LogP contribution in [0.15, 0.2) is 24.3 Å². The molecule has 0 heterocycles. The molecule has 1 fully saturated rings. The van der Waals surface area contributed by atoms with Crippen molar-refractivity contribution >= 4 is 0 Å². The Morgan fingerprint density at radius 2 is 1.93 bits per heavy atom. The van der Waals surface area contributed by atoms with Crippen molar-refractivity contribution in [3.05, 3.63) is 35.6 Å². The third kappa shape index (κ3) is 2.78. The maximum atomic E-state index is 12.7. The largest absolute Gasteiger partial charge is 0.314 e. The van der Waals surface area contributed by atoms with Gasteiger partial charge in [0.25, 0.3) is 0 Å². The quantitative estimate of drug-likeness (QED) is 0.782. The molecule has 1 saturated carbocycles. The van der Waals surface area contributed by atoms with E-state index in [9.17, 15) is 4.39 Å². The maximum absolute atomic E-state index is 12.7. The van der Waals surface area contributed by atoms with Gasteiger partial charge in [-0.05, 0) is 56.8 Å². The van der Waals surface area contributed by atoms with E-state index in [1.165, 1.54) is 31.2 Å². The van der Waals surface area contributed by atoms with E-state index in [4.69, 9.17) is 0 Å². The average Bonchev–Trinajstić information content (AvgIpc) is 3.02. The van der Waals surface area contributed by atoms with Crippen molar-refractivity contribution in [1.82, 2.24) is 5.32 Å². The van der Waals surface area contributed by atoms with Gasteiger partial charge in [0.15, 0.2) is 0 Å². The number of rotatable bonds is 5. The summed E-state index contributed by atoms with van der Waals surface area (Å²) in [5, 5.41) is 3.39. The van der Waals surface area contributed by atoms with E-state index in [1.807, 2.05) is 19.2 Å². The van der Waals surface area contributed by atoms with Crippen LogP contribution in [0.1, 0.15) is 31.2 Å². The molecule has 1 aliphatic carbocycles. The second-order valence-electron chi connectivity index (χ2n) is 4.51. The molecule has 15 heavy (non-hydrogen) atoms. The Morgan fingerprint density at radius 1 is 1.27 bits per heavy atom. The fraction of sp³-hybridized carbons (Fsp3) is 0.538. The van der Waals surface area contributed by atoms with Crippen LogP contribution < -0.4 is 5.32 Å². The third-order valence-electron chi connectivity index (χ3n) is 3.42. The second kappa shape index (κ2) is 4.31. The van der Waals surface area contributed by atoms with Gasteiger partial charge in [-0.15, -0.1) is 0 Å². The highest BCUT2D eigenvalue weighted by Gasteiger charge is 2.39.